The molecule has 0 saturated heterocycles. The average Bonchev–Trinajstić information content (AvgIpc) is 2.90. The van der Waals surface area contributed by atoms with E-state index in [1.807, 2.05) is 41.8 Å². The highest BCUT2D eigenvalue weighted by Gasteiger charge is 2.12. The maximum absolute atomic E-state index is 11.1. The van der Waals surface area contributed by atoms with E-state index in [1.54, 1.807) is 18.4 Å². The van der Waals surface area contributed by atoms with Crippen molar-refractivity contribution in [2.24, 2.45) is 0 Å². The number of carbonyl (C=O) groups excluding carboxylic acids is 1. The first kappa shape index (κ1) is 11.9. The first-order chi connectivity index (χ1) is 8.33. The van der Waals surface area contributed by atoms with Gasteiger partial charge in [0.2, 0.25) is 0 Å². The molecule has 1 aromatic carbocycles. The largest absolute Gasteiger partial charge is 0.497 e. The third-order valence-electron chi connectivity index (χ3n) is 2.66. The number of hydrogen-bond donors (Lipinski definition) is 0. The van der Waals surface area contributed by atoms with Crippen LogP contribution >= 0.6 is 11.3 Å². The topological polar surface area (TPSA) is 26.3 Å². The highest BCUT2D eigenvalue weighted by atomic mass is 32.1. The minimum Gasteiger partial charge on any atom is -0.497 e. The van der Waals surface area contributed by atoms with Gasteiger partial charge in [0.1, 0.15) is 12.0 Å². The van der Waals surface area contributed by atoms with Crippen molar-refractivity contribution in [2.75, 3.05) is 7.11 Å². The Morgan fingerprint density at radius 3 is 2.88 bits per heavy atom. The van der Waals surface area contributed by atoms with E-state index in [1.165, 1.54) is 0 Å². The van der Waals surface area contributed by atoms with Gasteiger partial charge in [-0.1, -0.05) is 18.2 Å². The van der Waals surface area contributed by atoms with E-state index < -0.39 is 0 Å². The van der Waals surface area contributed by atoms with Crippen LogP contribution in [0.5, 0.6) is 5.75 Å². The Balaban J connectivity index is 2.15. The van der Waals surface area contributed by atoms with Crippen molar-refractivity contribution in [3.8, 4) is 5.75 Å². The van der Waals surface area contributed by atoms with Gasteiger partial charge in [0.05, 0.1) is 13.0 Å². The zero-order valence-electron chi connectivity index (χ0n) is 9.63. The minimum atomic E-state index is -0.0536. The van der Waals surface area contributed by atoms with Gasteiger partial charge in [-0.2, -0.15) is 0 Å². The lowest BCUT2D eigenvalue weighted by Gasteiger charge is -2.09. The maximum Gasteiger partial charge on any atom is 0.128 e. The van der Waals surface area contributed by atoms with Crippen molar-refractivity contribution in [2.45, 2.75) is 12.3 Å². The summed E-state index contributed by atoms with van der Waals surface area (Å²) in [5.74, 6) is 0.778. The van der Waals surface area contributed by atoms with E-state index in [0.717, 1.165) is 28.9 Å². The van der Waals surface area contributed by atoms with Gasteiger partial charge >= 0.3 is 0 Å². The predicted molar refractivity (Wildman–Crippen MR) is 69.8 cm³/mol. The molecule has 1 heterocycles. The normalized spacial score (nSPS) is 12.1. The molecule has 0 aliphatic rings. The molecule has 88 valence electrons. The molecule has 0 aliphatic heterocycles. The lowest BCUT2D eigenvalue weighted by atomic mass is 9.99. The number of ether oxygens (including phenoxy) is 1. The molecular formula is C14H14O2S. The second kappa shape index (κ2) is 5.64. The maximum atomic E-state index is 11.1. The Hall–Kier alpha value is -1.61. The number of benzene rings is 1. The first-order valence-corrected chi connectivity index (χ1v) is 6.33. The standard InChI is InChI=1S/C14H14O2S/c1-16-13-5-2-4-11(9-13)8-12(10-15)14-6-3-7-17-14/h2-7,9-10,12H,8H2,1H3. The number of thiophene rings is 1. The Morgan fingerprint density at radius 2 is 2.24 bits per heavy atom. The minimum absolute atomic E-state index is 0.0536. The molecule has 0 fully saturated rings. The molecule has 0 amide bonds. The van der Waals surface area contributed by atoms with Crippen molar-refractivity contribution >= 4 is 17.6 Å². The van der Waals surface area contributed by atoms with Gasteiger partial charge in [0.15, 0.2) is 0 Å². The zero-order valence-corrected chi connectivity index (χ0v) is 10.4. The van der Waals surface area contributed by atoms with E-state index >= 15 is 0 Å². The molecule has 0 radical (unpaired) electrons. The Bertz CT molecular complexity index is 477. The van der Waals surface area contributed by atoms with Crippen LogP contribution < -0.4 is 4.74 Å². The van der Waals surface area contributed by atoms with Gasteiger partial charge in [0.25, 0.3) is 0 Å². The van der Waals surface area contributed by atoms with Gasteiger partial charge < -0.3 is 9.53 Å². The van der Waals surface area contributed by atoms with Gasteiger partial charge in [-0.05, 0) is 35.6 Å². The van der Waals surface area contributed by atoms with E-state index in [2.05, 4.69) is 0 Å². The predicted octanol–water partition coefficient (Wildman–Crippen LogP) is 3.28. The molecular weight excluding hydrogens is 232 g/mol. The van der Waals surface area contributed by atoms with E-state index in [-0.39, 0.29) is 5.92 Å². The molecule has 1 aromatic heterocycles. The molecule has 1 atom stereocenters. The summed E-state index contributed by atoms with van der Waals surface area (Å²) in [6, 6.07) is 11.8. The summed E-state index contributed by atoms with van der Waals surface area (Å²) in [5, 5.41) is 2.00. The molecule has 17 heavy (non-hydrogen) atoms. The van der Waals surface area contributed by atoms with Gasteiger partial charge in [-0.25, -0.2) is 0 Å². The number of rotatable bonds is 5. The van der Waals surface area contributed by atoms with Gasteiger partial charge in [0, 0.05) is 4.88 Å². The highest BCUT2D eigenvalue weighted by molar-refractivity contribution is 7.10. The summed E-state index contributed by atoms with van der Waals surface area (Å²) in [4.78, 5) is 12.3. The molecule has 0 bridgehead atoms. The molecule has 2 aromatic rings. The number of aldehydes is 1. The van der Waals surface area contributed by atoms with Crippen molar-refractivity contribution in [3.63, 3.8) is 0 Å². The number of methoxy groups -OCH3 is 1. The average molecular weight is 246 g/mol. The summed E-state index contributed by atoms with van der Waals surface area (Å²) in [6.07, 6.45) is 1.74. The number of hydrogen-bond acceptors (Lipinski definition) is 3. The quantitative estimate of drug-likeness (QED) is 0.757. The summed E-state index contributed by atoms with van der Waals surface area (Å²) < 4.78 is 5.18. The molecule has 3 heteroatoms. The Morgan fingerprint density at radius 1 is 1.35 bits per heavy atom. The van der Waals surface area contributed by atoms with Crippen LogP contribution in [0.4, 0.5) is 0 Å². The van der Waals surface area contributed by atoms with E-state index in [4.69, 9.17) is 4.74 Å². The van der Waals surface area contributed by atoms with Crippen LogP contribution in [0.2, 0.25) is 0 Å². The smallest absolute Gasteiger partial charge is 0.128 e. The Labute approximate surface area is 105 Å². The second-order valence-corrected chi connectivity index (χ2v) is 4.79. The lowest BCUT2D eigenvalue weighted by Crippen LogP contribution is -2.02. The summed E-state index contributed by atoms with van der Waals surface area (Å²) in [6.45, 7) is 0. The third kappa shape index (κ3) is 2.94. The molecule has 1 unspecified atom stereocenters. The van der Waals surface area contributed by atoms with Gasteiger partial charge in [-0.15, -0.1) is 11.3 Å². The van der Waals surface area contributed by atoms with Crippen molar-refractivity contribution in [1.82, 2.24) is 0 Å². The molecule has 0 saturated carbocycles. The van der Waals surface area contributed by atoms with E-state index in [0.29, 0.717) is 0 Å². The van der Waals surface area contributed by atoms with Crippen LogP contribution in [-0.2, 0) is 11.2 Å². The molecule has 2 nitrogen and oxygen atoms in total. The fourth-order valence-electron chi connectivity index (χ4n) is 1.77. The fraction of sp³-hybridized carbons (Fsp3) is 0.214. The summed E-state index contributed by atoms with van der Waals surface area (Å²) >= 11 is 1.62. The van der Waals surface area contributed by atoms with Crippen LogP contribution in [0.1, 0.15) is 16.4 Å². The van der Waals surface area contributed by atoms with Crippen molar-refractivity contribution < 1.29 is 9.53 Å². The SMILES string of the molecule is COc1cccc(CC(C=O)c2cccs2)c1. The number of carbonyl (C=O) groups is 1. The van der Waals surface area contributed by atoms with Crippen LogP contribution in [0, 0.1) is 0 Å². The van der Waals surface area contributed by atoms with Crippen molar-refractivity contribution in [1.29, 1.82) is 0 Å². The monoisotopic (exact) mass is 246 g/mol. The molecule has 2 rings (SSSR count). The van der Waals surface area contributed by atoms with Crippen LogP contribution in [0.25, 0.3) is 0 Å². The van der Waals surface area contributed by atoms with Crippen LogP contribution in [-0.4, -0.2) is 13.4 Å². The highest BCUT2D eigenvalue weighted by Crippen LogP contribution is 2.24. The summed E-state index contributed by atoms with van der Waals surface area (Å²) in [5.41, 5.74) is 1.12. The lowest BCUT2D eigenvalue weighted by molar-refractivity contribution is -0.109. The van der Waals surface area contributed by atoms with Crippen molar-refractivity contribution in [3.05, 3.63) is 52.2 Å². The van der Waals surface area contributed by atoms with Crippen LogP contribution in [0.3, 0.4) is 0 Å². The molecule has 0 spiro atoms. The zero-order chi connectivity index (χ0) is 12.1. The third-order valence-corrected chi connectivity index (χ3v) is 3.67. The van der Waals surface area contributed by atoms with Gasteiger partial charge in [-0.3, -0.25) is 0 Å². The molecule has 0 aliphatic carbocycles. The fourth-order valence-corrected chi connectivity index (χ4v) is 2.56. The van der Waals surface area contributed by atoms with E-state index in [9.17, 15) is 4.79 Å². The Kier molecular flexibility index (Phi) is 3.94. The summed E-state index contributed by atoms with van der Waals surface area (Å²) in [7, 11) is 1.65. The second-order valence-electron chi connectivity index (χ2n) is 3.81. The first-order valence-electron chi connectivity index (χ1n) is 5.45. The van der Waals surface area contributed by atoms with Crippen LogP contribution in [0.15, 0.2) is 41.8 Å². The molecule has 0 N–H and O–H groups in total.